The molecule has 0 saturated heterocycles. The van der Waals surface area contributed by atoms with Gasteiger partial charge < -0.3 is 5.32 Å². The smallest absolute Gasteiger partial charge is 0.124 e. The lowest BCUT2D eigenvalue weighted by molar-refractivity contribution is 0.389. The molecule has 0 spiro atoms. The van der Waals surface area contributed by atoms with Gasteiger partial charge >= 0.3 is 0 Å². The summed E-state index contributed by atoms with van der Waals surface area (Å²) in [5, 5.41) is 3.33. The summed E-state index contributed by atoms with van der Waals surface area (Å²) < 4.78 is 14.2. The Hall–Kier alpha value is -0.410. The first-order chi connectivity index (χ1) is 7.70. The summed E-state index contributed by atoms with van der Waals surface area (Å²) >= 11 is 3.35. The minimum Gasteiger partial charge on any atom is -0.313 e. The van der Waals surface area contributed by atoms with Crippen LogP contribution in [0, 0.1) is 11.7 Å². The molecule has 0 aromatic heterocycles. The van der Waals surface area contributed by atoms with Crippen molar-refractivity contribution >= 4 is 15.9 Å². The Bertz CT molecular complexity index is 341. The molecular formula is C13H17BrFN. The Morgan fingerprint density at radius 1 is 1.31 bits per heavy atom. The zero-order valence-electron chi connectivity index (χ0n) is 9.47. The van der Waals surface area contributed by atoms with Gasteiger partial charge in [-0.15, -0.1) is 0 Å². The lowest BCUT2D eigenvalue weighted by atomic mass is 9.92. The van der Waals surface area contributed by atoms with Crippen LogP contribution in [0.3, 0.4) is 0 Å². The average molecular weight is 286 g/mol. The van der Waals surface area contributed by atoms with Crippen LogP contribution in [0.4, 0.5) is 4.39 Å². The van der Waals surface area contributed by atoms with Crippen molar-refractivity contribution in [3.8, 4) is 0 Å². The van der Waals surface area contributed by atoms with E-state index in [1.807, 2.05) is 13.1 Å². The fraction of sp³-hybridized carbons (Fsp3) is 0.538. The van der Waals surface area contributed by atoms with Crippen molar-refractivity contribution < 1.29 is 4.39 Å². The van der Waals surface area contributed by atoms with Crippen LogP contribution in [0.2, 0.25) is 0 Å². The van der Waals surface area contributed by atoms with Gasteiger partial charge in [-0.05, 0) is 49.6 Å². The van der Waals surface area contributed by atoms with Crippen LogP contribution in [-0.2, 0) is 0 Å². The van der Waals surface area contributed by atoms with Crippen LogP contribution in [0.1, 0.15) is 37.3 Å². The summed E-state index contributed by atoms with van der Waals surface area (Å²) in [4.78, 5) is 0. The fourth-order valence-corrected chi connectivity index (χ4v) is 3.20. The molecule has 0 radical (unpaired) electrons. The van der Waals surface area contributed by atoms with Crippen LogP contribution < -0.4 is 5.32 Å². The molecule has 0 aliphatic heterocycles. The van der Waals surface area contributed by atoms with Gasteiger partial charge in [-0.1, -0.05) is 28.8 Å². The van der Waals surface area contributed by atoms with Crippen molar-refractivity contribution in [2.45, 2.75) is 31.7 Å². The van der Waals surface area contributed by atoms with Gasteiger partial charge in [0.25, 0.3) is 0 Å². The number of nitrogens with one attached hydrogen (secondary N) is 1. The topological polar surface area (TPSA) is 12.0 Å². The second-order valence-corrected chi connectivity index (χ2v) is 5.43. The quantitative estimate of drug-likeness (QED) is 0.884. The maximum atomic E-state index is 13.4. The normalized spacial score (nSPS) is 18.9. The SMILES string of the molecule is CNC(c1cc(F)cc(Br)c1)C1CCCC1. The summed E-state index contributed by atoms with van der Waals surface area (Å²) in [6.07, 6.45) is 5.11. The second kappa shape index (κ2) is 5.28. The number of hydrogen-bond acceptors (Lipinski definition) is 1. The highest BCUT2D eigenvalue weighted by Gasteiger charge is 2.25. The Kier molecular flexibility index (Phi) is 3.98. The van der Waals surface area contributed by atoms with Gasteiger partial charge in [0.15, 0.2) is 0 Å². The van der Waals surface area contributed by atoms with Crippen molar-refractivity contribution in [1.82, 2.24) is 5.32 Å². The third-order valence-electron chi connectivity index (χ3n) is 3.43. The first kappa shape index (κ1) is 12.1. The number of benzene rings is 1. The zero-order chi connectivity index (χ0) is 11.5. The van der Waals surface area contributed by atoms with Gasteiger partial charge in [0, 0.05) is 10.5 Å². The maximum Gasteiger partial charge on any atom is 0.124 e. The van der Waals surface area contributed by atoms with Crippen molar-refractivity contribution in [2.75, 3.05) is 7.05 Å². The molecule has 1 atom stereocenters. The molecule has 0 heterocycles. The molecule has 1 fully saturated rings. The van der Waals surface area contributed by atoms with E-state index in [0.29, 0.717) is 5.92 Å². The standard InChI is InChI=1S/C13H17BrFN/c1-16-13(9-4-2-3-5-9)10-6-11(14)8-12(15)7-10/h6-9,13,16H,2-5H2,1H3. The Morgan fingerprint density at radius 2 is 2.00 bits per heavy atom. The molecule has 1 N–H and O–H groups in total. The van der Waals surface area contributed by atoms with E-state index in [0.717, 1.165) is 10.0 Å². The molecule has 2 rings (SSSR count). The Morgan fingerprint density at radius 3 is 2.56 bits per heavy atom. The van der Waals surface area contributed by atoms with E-state index < -0.39 is 0 Å². The molecule has 3 heteroatoms. The van der Waals surface area contributed by atoms with Gasteiger partial charge in [-0.2, -0.15) is 0 Å². The maximum absolute atomic E-state index is 13.4. The molecule has 1 unspecified atom stereocenters. The molecule has 1 aliphatic rings. The summed E-state index contributed by atoms with van der Waals surface area (Å²) in [6, 6.07) is 5.45. The highest BCUT2D eigenvalue weighted by molar-refractivity contribution is 9.10. The predicted molar refractivity (Wildman–Crippen MR) is 67.9 cm³/mol. The van der Waals surface area contributed by atoms with Crippen LogP contribution in [0.5, 0.6) is 0 Å². The largest absolute Gasteiger partial charge is 0.313 e. The van der Waals surface area contributed by atoms with E-state index in [1.165, 1.54) is 31.7 Å². The molecule has 0 amide bonds. The van der Waals surface area contributed by atoms with Crippen molar-refractivity contribution in [2.24, 2.45) is 5.92 Å². The zero-order valence-corrected chi connectivity index (χ0v) is 11.1. The van der Waals surface area contributed by atoms with Crippen molar-refractivity contribution in [1.29, 1.82) is 0 Å². The number of rotatable bonds is 3. The van der Waals surface area contributed by atoms with E-state index in [1.54, 1.807) is 6.07 Å². The van der Waals surface area contributed by atoms with E-state index in [-0.39, 0.29) is 11.9 Å². The minimum atomic E-state index is -0.164. The molecule has 1 aromatic rings. The van der Waals surface area contributed by atoms with Gasteiger partial charge in [0.1, 0.15) is 5.82 Å². The first-order valence-corrected chi connectivity index (χ1v) is 6.63. The van der Waals surface area contributed by atoms with Gasteiger partial charge in [0.05, 0.1) is 0 Å². The van der Waals surface area contributed by atoms with Crippen LogP contribution in [-0.4, -0.2) is 7.05 Å². The van der Waals surface area contributed by atoms with Crippen LogP contribution in [0.25, 0.3) is 0 Å². The number of halogens is 2. The van der Waals surface area contributed by atoms with Crippen LogP contribution >= 0.6 is 15.9 Å². The Balaban J connectivity index is 2.24. The number of hydrogen-bond donors (Lipinski definition) is 1. The monoisotopic (exact) mass is 285 g/mol. The molecule has 88 valence electrons. The highest BCUT2D eigenvalue weighted by atomic mass is 79.9. The second-order valence-electron chi connectivity index (χ2n) is 4.51. The van der Waals surface area contributed by atoms with E-state index in [2.05, 4.69) is 21.2 Å². The van der Waals surface area contributed by atoms with E-state index in [4.69, 9.17) is 0 Å². The summed E-state index contributed by atoms with van der Waals surface area (Å²) in [5.74, 6) is 0.487. The highest BCUT2D eigenvalue weighted by Crippen LogP contribution is 2.36. The van der Waals surface area contributed by atoms with Crippen LogP contribution in [0.15, 0.2) is 22.7 Å². The van der Waals surface area contributed by atoms with Crippen molar-refractivity contribution in [3.05, 3.63) is 34.1 Å². The van der Waals surface area contributed by atoms with E-state index in [9.17, 15) is 4.39 Å². The molecule has 1 nitrogen and oxygen atoms in total. The average Bonchev–Trinajstić information content (AvgIpc) is 2.70. The third-order valence-corrected chi connectivity index (χ3v) is 3.88. The fourth-order valence-electron chi connectivity index (χ4n) is 2.72. The summed E-state index contributed by atoms with van der Waals surface area (Å²) in [6.45, 7) is 0. The lowest BCUT2D eigenvalue weighted by Crippen LogP contribution is -2.23. The first-order valence-electron chi connectivity index (χ1n) is 5.84. The molecule has 1 aliphatic carbocycles. The van der Waals surface area contributed by atoms with Gasteiger partial charge in [-0.25, -0.2) is 4.39 Å². The molecule has 16 heavy (non-hydrogen) atoms. The van der Waals surface area contributed by atoms with Crippen molar-refractivity contribution in [3.63, 3.8) is 0 Å². The summed E-state index contributed by atoms with van der Waals surface area (Å²) in [7, 11) is 1.96. The lowest BCUT2D eigenvalue weighted by Gasteiger charge is -2.23. The molecule has 1 aromatic carbocycles. The summed E-state index contributed by atoms with van der Waals surface area (Å²) in [5.41, 5.74) is 1.06. The Labute approximate surface area is 105 Å². The molecule has 1 saturated carbocycles. The molecular weight excluding hydrogens is 269 g/mol. The molecule has 0 bridgehead atoms. The third kappa shape index (κ3) is 2.64. The van der Waals surface area contributed by atoms with Gasteiger partial charge in [0.2, 0.25) is 0 Å². The van der Waals surface area contributed by atoms with Gasteiger partial charge in [-0.3, -0.25) is 0 Å². The van der Waals surface area contributed by atoms with E-state index >= 15 is 0 Å². The minimum absolute atomic E-state index is 0.164. The predicted octanol–water partition coefficient (Wildman–Crippen LogP) is 4.04.